The molecule has 23 heavy (non-hydrogen) atoms. The van der Waals surface area contributed by atoms with Crippen molar-refractivity contribution in [1.82, 2.24) is 15.0 Å². The van der Waals surface area contributed by atoms with E-state index in [0.717, 1.165) is 43.4 Å². The van der Waals surface area contributed by atoms with Crippen LogP contribution in [0.5, 0.6) is 0 Å². The lowest BCUT2D eigenvalue weighted by atomic mass is 10.4. The maximum atomic E-state index is 10.8. The zero-order valence-electron chi connectivity index (χ0n) is 12.7. The molecule has 0 atom stereocenters. The molecular formula is C13H17N7O2S. The molecule has 9 nitrogen and oxygen atoms in total. The number of nitrogens with two attached hydrogens (primary N) is 1. The van der Waals surface area contributed by atoms with Gasteiger partial charge in [-0.2, -0.15) is 4.98 Å². The van der Waals surface area contributed by atoms with E-state index in [-0.39, 0.29) is 11.5 Å². The van der Waals surface area contributed by atoms with Gasteiger partial charge in [0.1, 0.15) is 6.20 Å². The fourth-order valence-electron chi connectivity index (χ4n) is 2.47. The normalized spacial score (nSPS) is 15.5. The van der Waals surface area contributed by atoms with Gasteiger partial charge in [-0.05, 0) is 13.3 Å². The number of aryl methyl sites for hydroxylation is 1. The molecule has 3 heterocycles. The third kappa shape index (κ3) is 3.31. The topological polar surface area (TPSA) is 114 Å². The summed E-state index contributed by atoms with van der Waals surface area (Å²) < 4.78 is 0. The van der Waals surface area contributed by atoms with Crippen molar-refractivity contribution in [2.75, 3.05) is 41.7 Å². The third-order valence-electron chi connectivity index (χ3n) is 3.64. The Morgan fingerprint density at radius 1 is 1.26 bits per heavy atom. The van der Waals surface area contributed by atoms with Crippen LogP contribution in [0.15, 0.2) is 11.6 Å². The van der Waals surface area contributed by atoms with E-state index < -0.39 is 4.92 Å². The molecule has 1 aliphatic heterocycles. The summed E-state index contributed by atoms with van der Waals surface area (Å²) in [4.78, 5) is 27.1. The first-order valence-electron chi connectivity index (χ1n) is 7.23. The fraction of sp³-hybridized carbons (Fsp3) is 0.462. The second kappa shape index (κ2) is 6.32. The van der Waals surface area contributed by atoms with Crippen LogP contribution >= 0.6 is 11.3 Å². The van der Waals surface area contributed by atoms with Gasteiger partial charge in [-0.3, -0.25) is 10.1 Å². The number of thiazole rings is 1. The smallest absolute Gasteiger partial charge is 0.329 e. The Balaban J connectivity index is 1.73. The minimum atomic E-state index is -0.575. The monoisotopic (exact) mass is 335 g/mol. The Bertz CT molecular complexity index is 720. The van der Waals surface area contributed by atoms with Crippen molar-refractivity contribution in [2.45, 2.75) is 13.3 Å². The first-order valence-corrected chi connectivity index (χ1v) is 8.11. The fourth-order valence-corrected chi connectivity index (χ4v) is 3.32. The van der Waals surface area contributed by atoms with Gasteiger partial charge in [-0.15, -0.1) is 11.3 Å². The Hall–Kier alpha value is -2.49. The van der Waals surface area contributed by atoms with Crippen molar-refractivity contribution in [2.24, 2.45) is 0 Å². The summed E-state index contributed by atoms with van der Waals surface area (Å²) in [6, 6.07) is 0. The molecule has 0 unspecified atom stereocenters. The molecule has 0 amide bonds. The number of nitro groups is 1. The number of hydrogen-bond donors (Lipinski definition) is 1. The summed E-state index contributed by atoms with van der Waals surface area (Å²) in [6.45, 7) is 5.19. The van der Waals surface area contributed by atoms with Crippen LogP contribution < -0.4 is 15.5 Å². The molecule has 1 saturated heterocycles. The van der Waals surface area contributed by atoms with Gasteiger partial charge in [-0.25, -0.2) is 9.97 Å². The molecule has 10 heteroatoms. The van der Waals surface area contributed by atoms with Gasteiger partial charge in [0, 0.05) is 31.6 Å². The molecule has 1 fully saturated rings. The van der Waals surface area contributed by atoms with E-state index >= 15 is 0 Å². The Morgan fingerprint density at radius 3 is 2.65 bits per heavy atom. The molecule has 122 valence electrons. The van der Waals surface area contributed by atoms with Gasteiger partial charge in [-0.1, -0.05) is 0 Å². The minimum absolute atomic E-state index is 0.100. The van der Waals surface area contributed by atoms with Crippen LogP contribution in [-0.2, 0) is 0 Å². The highest BCUT2D eigenvalue weighted by molar-refractivity contribution is 7.13. The number of rotatable bonds is 3. The van der Waals surface area contributed by atoms with Gasteiger partial charge < -0.3 is 15.5 Å². The highest BCUT2D eigenvalue weighted by Crippen LogP contribution is 2.24. The number of nitrogens with zero attached hydrogens (tertiary/aromatic N) is 6. The van der Waals surface area contributed by atoms with E-state index in [4.69, 9.17) is 5.73 Å². The summed E-state index contributed by atoms with van der Waals surface area (Å²) >= 11 is 1.64. The van der Waals surface area contributed by atoms with E-state index in [2.05, 4.69) is 19.9 Å². The molecule has 0 bridgehead atoms. The largest absolute Gasteiger partial charge is 0.378 e. The van der Waals surface area contributed by atoms with E-state index in [1.165, 1.54) is 6.20 Å². The van der Waals surface area contributed by atoms with Crippen LogP contribution in [-0.4, -0.2) is 46.1 Å². The summed E-state index contributed by atoms with van der Waals surface area (Å²) in [5.74, 6) is 0.335. The van der Waals surface area contributed by atoms with Crippen LogP contribution in [0, 0.1) is 17.0 Å². The van der Waals surface area contributed by atoms with Crippen molar-refractivity contribution in [1.29, 1.82) is 0 Å². The lowest BCUT2D eigenvalue weighted by Gasteiger charge is -2.21. The molecule has 2 N–H and O–H groups in total. The summed E-state index contributed by atoms with van der Waals surface area (Å²) in [6.07, 6.45) is 2.10. The van der Waals surface area contributed by atoms with Crippen molar-refractivity contribution >= 4 is 33.9 Å². The number of hydrogen-bond acceptors (Lipinski definition) is 9. The summed E-state index contributed by atoms with van der Waals surface area (Å²) in [7, 11) is 0. The average Bonchev–Trinajstić information content (AvgIpc) is 2.80. The average molecular weight is 335 g/mol. The Morgan fingerprint density at radius 2 is 2.00 bits per heavy atom. The molecule has 2 aromatic heterocycles. The maximum Gasteiger partial charge on any atom is 0.329 e. The quantitative estimate of drug-likeness (QED) is 0.662. The molecule has 3 rings (SSSR count). The predicted octanol–water partition coefficient (Wildman–Crippen LogP) is 1.45. The zero-order chi connectivity index (χ0) is 16.4. The highest BCUT2D eigenvalue weighted by Gasteiger charge is 2.21. The van der Waals surface area contributed by atoms with E-state index in [1.54, 1.807) is 11.3 Å². The van der Waals surface area contributed by atoms with Crippen LogP contribution in [0.3, 0.4) is 0 Å². The lowest BCUT2D eigenvalue weighted by Crippen LogP contribution is -2.31. The number of anilines is 3. The number of nitrogen functional groups attached to an aromatic ring is 1. The summed E-state index contributed by atoms with van der Waals surface area (Å²) in [5, 5.41) is 13.8. The van der Waals surface area contributed by atoms with Gasteiger partial charge in [0.2, 0.25) is 11.8 Å². The van der Waals surface area contributed by atoms with E-state index in [1.807, 2.05) is 17.2 Å². The number of aromatic nitrogens is 3. The molecule has 2 aromatic rings. The van der Waals surface area contributed by atoms with Crippen molar-refractivity contribution in [3.63, 3.8) is 0 Å². The minimum Gasteiger partial charge on any atom is -0.378 e. The molecule has 0 spiro atoms. The van der Waals surface area contributed by atoms with Crippen LogP contribution in [0.2, 0.25) is 0 Å². The first-order chi connectivity index (χ1) is 11.0. The first kappa shape index (κ1) is 15.4. The molecular weight excluding hydrogens is 318 g/mol. The summed E-state index contributed by atoms with van der Waals surface area (Å²) in [5.41, 5.74) is 6.42. The standard InChI is InChI=1S/C13H17N7O2S/c1-9-8-23-13(16-9)19-4-2-3-18(5-6-19)12-15-7-10(20(21)22)11(14)17-12/h7-8H,2-6H2,1H3,(H2,14,15,17). The molecule has 0 aliphatic carbocycles. The Kier molecular flexibility index (Phi) is 4.24. The highest BCUT2D eigenvalue weighted by atomic mass is 32.1. The predicted molar refractivity (Wildman–Crippen MR) is 89.0 cm³/mol. The second-order valence-corrected chi connectivity index (χ2v) is 6.13. The zero-order valence-corrected chi connectivity index (χ0v) is 13.5. The van der Waals surface area contributed by atoms with Crippen molar-refractivity contribution in [3.8, 4) is 0 Å². The lowest BCUT2D eigenvalue weighted by molar-refractivity contribution is -0.384. The second-order valence-electron chi connectivity index (χ2n) is 5.30. The van der Waals surface area contributed by atoms with Crippen molar-refractivity contribution in [3.05, 3.63) is 27.4 Å². The van der Waals surface area contributed by atoms with Crippen molar-refractivity contribution < 1.29 is 4.92 Å². The third-order valence-corrected chi connectivity index (χ3v) is 4.66. The SMILES string of the molecule is Cc1csc(N2CCCN(c3ncc([N+](=O)[O-])c(N)n3)CC2)n1. The van der Waals surface area contributed by atoms with Crippen LogP contribution in [0.25, 0.3) is 0 Å². The van der Waals surface area contributed by atoms with E-state index in [0.29, 0.717) is 5.95 Å². The molecule has 1 aliphatic rings. The Labute approximate surface area is 136 Å². The molecule has 0 saturated carbocycles. The molecule has 0 radical (unpaired) electrons. The van der Waals surface area contributed by atoms with Gasteiger partial charge in [0.05, 0.1) is 10.6 Å². The maximum absolute atomic E-state index is 10.8. The van der Waals surface area contributed by atoms with Crippen LogP contribution in [0.1, 0.15) is 12.1 Å². The van der Waals surface area contributed by atoms with Gasteiger partial charge in [0.15, 0.2) is 5.13 Å². The van der Waals surface area contributed by atoms with E-state index in [9.17, 15) is 10.1 Å². The van der Waals surface area contributed by atoms with Gasteiger partial charge >= 0.3 is 5.69 Å². The van der Waals surface area contributed by atoms with Gasteiger partial charge in [0.25, 0.3) is 0 Å². The molecule has 0 aromatic carbocycles. The van der Waals surface area contributed by atoms with Crippen LogP contribution in [0.4, 0.5) is 22.6 Å².